The first-order chi connectivity index (χ1) is 7.22. The molecule has 0 radical (unpaired) electrons. The van der Waals surface area contributed by atoms with E-state index in [1.54, 1.807) is 12.1 Å². The van der Waals surface area contributed by atoms with E-state index in [0.717, 1.165) is 24.9 Å². The molecule has 0 spiro atoms. The molecule has 2 N–H and O–H groups in total. The predicted molar refractivity (Wildman–Crippen MR) is 59.0 cm³/mol. The normalized spacial score (nSPS) is 12.7. The SMILES string of the molecule is C[C@H](CCCO)NCc1ccc(F)cc1. The summed E-state index contributed by atoms with van der Waals surface area (Å²) in [6.07, 6.45) is 1.77. The molecule has 0 saturated heterocycles. The fraction of sp³-hybridized carbons (Fsp3) is 0.500. The van der Waals surface area contributed by atoms with E-state index in [2.05, 4.69) is 12.2 Å². The van der Waals surface area contributed by atoms with Gasteiger partial charge < -0.3 is 10.4 Å². The average molecular weight is 211 g/mol. The Morgan fingerprint density at radius 3 is 2.60 bits per heavy atom. The number of halogens is 1. The minimum atomic E-state index is -0.202. The number of rotatable bonds is 6. The third kappa shape index (κ3) is 4.91. The van der Waals surface area contributed by atoms with Gasteiger partial charge in [-0.3, -0.25) is 0 Å². The summed E-state index contributed by atoms with van der Waals surface area (Å²) in [6, 6.07) is 6.87. The maximum Gasteiger partial charge on any atom is 0.123 e. The zero-order valence-electron chi connectivity index (χ0n) is 9.04. The Hall–Kier alpha value is -0.930. The summed E-state index contributed by atoms with van der Waals surface area (Å²) in [5.74, 6) is -0.202. The van der Waals surface area contributed by atoms with E-state index in [9.17, 15) is 4.39 Å². The van der Waals surface area contributed by atoms with Gasteiger partial charge in [-0.2, -0.15) is 0 Å². The van der Waals surface area contributed by atoms with E-state index in [4.69, 9.17) is 5.11 Å². The Kier molecular flexibility index (Phi) is 5.29. The van der Waals surface area contributed by atoms with Crippen LogP contribution in [0.2, 0.25) is 0 Å². The van der Waals surface area contributed by atoms with Crippen molar-refractivity contribution in [3.05, 3.63) is 35.6 Å². The van der Waals surface area contributed by atoms with Gasteiger partial charge in [0.05, 0.1) is 0 Å². The summed E-state index contributed by atoms with van der Waals surface area (Å²) >= 11 is 0. The molecule has 0 heterocycles. The molecule has 0 bridgehead atoms. The minimum absolute atomic E-state index is 0.202. The molecule has 0 unspecified atom stereocenters. The van der Waals surface area contributed by atoms with Gasteiger partial charge in [-0.25, -0.2) is 4.39 Å². The van der Waals surface area contributed by atoms with Crippen molar-refractivity contribution in [2.45, 2.75) is 32.4 Å². The van der Waals surface area contributed by atoms with Crippen molar-refractivity contribution in [2.24, 2.45) is 0 Å². The van der Waals surface area contributed by atoms with Crippen molar-refractivity contribution in [1.29, 1.82) is 0 Å². The lowest BCUT2D eigenvalue weighted by molar-refractivity contribution is 0.276. The molecule has 1 aromatic rings. The molecular formula is C12H18FNO. The Morgan fingerprint density at radius 1 is 1.33 bits per heavy atom. The van der Waals surface area contributed by atoms with Gasteiger partial charge in [-0.05, 0) is 37.5 Å². The van der Waals surface area contributed by atoms with Crippen LogP contribution in [-0.2, 0) is 6.54 Å². The van der Waals surface area contributed by atoms with Crippen LogP contribution in [0.15, 0.2) is 24.3 Å². The molecule has 3 heteroatoms. The molecule has 1 aromatic carbocycles. The Labute approximate surface area is 90.1 Å². The van der Waals surface area contributed by atoms with Gasteiger partial charge in [0.2, 0.25) is 0 Å². The summed E-state index contributed by atoms with van der Waals surface area (Å²) in [5.41, 5.74) is 1.08. The van der Waals surface area contributed by atoms with Gasteiger partial charge in [-0.15, -0.1) is 0 Å². The second kappa shape index (κ2) is 6.53. The number of hydrogen-bond acceptors (Lipinski definition) is 2. The number of hydrogen-bond donors (Lipinski definition) is 2. The molecule has 0 aliphatic carbocycles. The maximum atomic E-state index is 12.6. The molecule has 0 amide bonds. The van der Waals surface area contributed by atoms with E-state index in [1.165, 1.54) is 12.1 Å². The lowest BCUT2D eigenvalue weighted by atomic mass is 10.1. The van der Waals surface area contributed by atoms with E-state index in [1.807, 2.05) is 0 Å². The second-order valence-corrected chi connectivity index (χ2v) is 3.77. The first-order valence-corrected chi connectivity index (χ1v) is 5.31. The molecule has 1 rings (SSSR count). The first-order valence-electron chi connectivity index (χ1n) is 5.31. The van der Waals surface area contributed by atoms with Gasteiger partial charge in [0.25, 0.3) is 0 Å². The van der Waals surface area contributed by atoms with Crippen molar-refractivity contribution < 1.29 is 9.50 Å². The molecule has 1 atom stereocenters. The Bertz CT molecular complexity index is 273. The molecule has 0 aliphatic rings. The largest absolute Gasteiger partial charge is 0.396 e. The van der Waals surface area contributed by atoms with Crippen molar-refractivity contribution in [2.75, 3.05) is 6.61 Å². The van der Waals surface area contributed by atoms with Gasteiger partial charge in [0.1, 0.15) is 5.82 Å². The van der Waals surface area contributed by atoms with Crippen molar-refractivity contribution >= 4 is 0 Å². The quantitative estimate of drug-likeness (QED) is 0.755. The van der Waals surface area contributed by atoms with E-state index in [0.29, 0.717) is 6.04 Å². The molecular weight excluding hydrogens is 193 g/mol. The van der Waals surface area contributed by atoms with Crippen LogP contribution in [0, 0.1) is 5.82 Å². The van der Waals surface area contributed by atoms with Gasteiger partial charge in [-0.1, -0.05) is 12.1 Å². The lowest BCUT2D eigenvalue weighted by Crippen LogP contribution is -2.25. The zero-order chi connectivity index (χ0) is 11.1. The minimum Gasteiger partial charge on any atom is -0.396 e. The summed E-state index contributed by atoms with van der Waals surface area (Å²) in [6.45, 7) is 3.06. The summed E-state index contributed by atoms with van der Waals surface area (Å²) in [4.78, 5) is 0. The number of nitrogens with one attached hydrogen (secondary N) is 1. The topological polar surface area (TPSA) is 32.3 Å². The highest BCUT2D eigenvalue weighted by atomic mass is 19.1. The van der Waals surface area contributed by atoms with Crippen LogP contribution in [0.1, 0.15) is 25.3 Å². The Balaban J connectivity index is 2.27. The molecule has 0 aliphatic heterocycles. The molecule has 0 aromatic heterocycles. The smallest absolute Gasteiger partial charge is 0.123 e. The van der Waals surface area contributed by atoms with Crippen LogP contribution in [0.5, 0.6) is 0 Å². The predicted octanol–water partition coefficient (Wildman–Crippen LogP) is 2.08. The highest BCUT2D eigenvalue weighted by Crippen LogP contribution is 2.03. The van der Waals surface area contributed by atoms with E-state index >= 15 is 0 Å². The third-order valence-corrected chi connectivity index (χ3v) is 2.36. The second-order valence-electron chi connectivity index (χ2n) is 3.77. The van der Waals surface area contributed by atoms with Crippen molar-refractivity contribution in [1.82, 2.24) is 5.32 Å². The average Bonchev–Trinajstić information content (AvgIpc) is 2.25. The van der Waals surface area contributed by atoms with Gasteiger partial charge in [0.15, 0.2) is 0 Å². The highest BCUT2D eigenvalue weighted by molar-refractivity contribution is 5.15. The molecule has 15 heavy (non-hydrogen) atoms. The Morgan fingerprint density at radius 2 is 2.00 bits per heavy atom. The zero-order valence-corrected chi connectivity index (χ0v) is 9.04. The van der Waals surface area contributed by atoms with E-state index in [-0.39, 0.29) is 12.4 Å². The monoisotopic (exact) mass is 211 g/mol. The van der Waals surface area contributed by atoms with Crippen LogP contribution in [0.3, 0.4) is 0 Å². The number of aliphatic hydroxyl groups excluding tert-OH is 1. The molecule has 0 fully saturated rings. The van der Waals surface area contributed by atoms with Crippen LogP contribution < -0.4 is 5.32 Å². The fourth-order valence-electron chi connectivity index (χ4n) is 1.39. The van der Waals surface area contributed by atoms with Crippen LogP contribution in [-0.4, -0.2) is 17.8 Å². The standard InChI is InChI=1S/C12H18FNO/c1-10(3-2-8-15)14-9-11-4-6-12(13)7-5-11/h4-7,10,14-15H,2-3,8-9H2,1H3/t10-/m1/s1. The highest BCUT2D eigenvalue weighted by Gasteiger charge is 2.00. The third-order valence-electron chi connectivity index (χ3n) is 2.36. The fourth-order valence-corrected chi connectivity index (χ4v) is 1.39. The lowest BCUT2D eigenvalue weighted by Gasteiger charge is -2.12. The maximum absolute atomic E-state index is 12.6. The van der Waals surface area contributed by atoms with E-state index < -0.39 is 0 Å². The summed E-state index contributed by atoms with van der Waals surface area (Å²) in [5, 5.41) is 12.0. The van der Waals surface area contributed by atoms with Crippen LogP contribution in [0.4, 0.5) is 4.39 Å². The van der Waals surface area contributed by atoms with Crippen molar-refractivity contribution in [3.63, 3.8) is 0 Å². The molecule has 84 valence electrons. The summed E-state index contributed by atoms with van der Waals surface area (Å²) in [7, 11) is 0. The summed E-state index contributed by atoms with van der Waals surface area (Å²) < 4.78 is 12.6. The molecule has 0 saturated carbocycles. The van der Waals surface area contributed by atoms with Crippen LogP contribution in [0.25, 0.3) is 0 Å². The van der Waals surface area contributed by atoms with Crippen molar-refractivity contribution in [3.8, 4) is 0 Å². The number of aliphatic hydroxyl groups is 1. The molecule has 2 nitrogen and oxygen atoms in total. The van der Waals surface area contributed by atoms with Gasteiger partial charge in [0, 0.05) is 19.2 Å². The number of benzene rings is 1. The van der Waals surface area contributed by atoms with Gasteiger partial charge >= 0.3 is 0 Å². The first kappa shape index (κ1) is 12.1. The van der Waals surface area contributed by atoms with Crippen LogP contribution >= 0.6 is 0 Å².